The van der Waals surface area contributed by atoms with Crippen molar-refractivity contribution in [3.05, 3.63) is 35.5 Å². The van der Waals surface area contributed by atoms with Gasteiger partial charge in [-0.1, -0.05) is 18.2 Å². The summed E-state index contributed by atoms with van der Waals surface area (Å²) >= 11 is 0. The third-order valence-corrected chi connectivity index (χ3v) is 2.46. The number of rotatable bonds is 0. The van der Waals surface area contributed by atoms with Crippen LogP contribution < -0.4 is 0 Å². The van der Waals surface area contributed by atoms with Crippen molar-refractivity contribution in [1.82, 2.24) is 0 Å². The second-order valence-corrected chi connectivity index (χ2v) is 3.30. The van der Waals surface area contributed by atoms with Crippen LogP contribution >= 0.6 is 0 Å². The fourth-order valence-electron chi connectivity index (χ4n) is 1.80. The monoisotopic (exact) mass is 159 g/mol. The summed E-state index contributed by atoms with van der Waals surface area (Å²) in [6, 6.07) is 0. The molecule has 0 saturated carbocycles. The van der Waals surface area contributed by atoms with Gasteiger partial charge in [0.1, 0.15) is 0 Å². The Morgan fingerprint density at radius 2 is 1.75 bits per heavy atom. The van der Waals surface area contributed by atoms with Gasteiger partial charge in [-0.3, -0.25) is 0 Å². The van der Waals surface area contributed by atoms with Gasteiger partial charge in [-0.25, -0.2) is 0 Å². The van der Waals surface area contributed by atoms with Crippen LogP contribution in [0.4, 0.5) is 0 Å². The first-order chi connectivity index (χ1) is 5.88. The Kier molecular flexibility index (Phi) is 1.94. The van der Waals surface area contributed by atoms with Crippen LogP contribution in [0.2, 0.25) is 0 Å². The molecule has 0 atom stereocenters. The largest absolute Gasteiger partial charge is 0.301 e. The van der Waals surface area contributed by atoms with Crippen LogP contribution in [0.15, 0.2) is 35.5 Å². The average Bonchev–Trinajstić information content (AvgIpc) is 2.29. The van der Waals surface area contributed by atoms with E-state index in [0.717, 1.165) is 31.4 Å². The molecule has 0 unspecified atom stereocenters. The van der Waals surface area contributed by atoms with E-state index in [-0.39, 0.29) is 0 Å². The van der Waals surface area contributed by atoms with Crippen molar-refractivity contribution in [2.24, 2.45) is 0 Å². The lowest BCUT2D eigenvalue weighted by atomic mass is 9.93. The maximum Gasteiger partial charge on any atom is 0.0571 e. The molecular weight excluding hydrogens is 146 g/mol. The standard InChI is InChI=1S/C11H13N/c12-11-8-4-2-6-9-5-1-3-7-10(9)11/h1,4-5,8,12H,2-3,6-7H2. The highest BCUT2D eigenvalue weighted by Gasteiger charge is 2.12. The Bertz CT molecular complexity index is 292. The predicted octanol–water partition coefficient (Wildman–Crippen LogP) is 3.00. The van der Waals surface area contributed by atoms with E-state index in [4.69, 9.17) is 5.41 Å². The molecule has 12 heavy (non-hydrogen) atoms. The minimum atomic E-state index is 0.729. The molecule has 0 aromatic rings. The first-order valence-electron chi connectivity index (χ1n) is 4.52. The molecule has 0 aliphatic heterocycles. The number of hydrogen-bond donors (Lipinski definition) is 1. The fourth-order valence-corrected chi connectivity index (χ4v) is 1.80. The van der Waals surface area contributed by atoms with Crippen molar-refractivity contribution >= 4 is 5.71 Å². The highest BCUT2D eigenvalue weighted by Crippen LogP contribution is 2.25. The summed E-state index contributed by atoms with van der Waals surface area (Å²) < 4.78 is 0. The van der Waals surface area contributed by atoms with Gasteiger partial charge in [-0.15, -0.1) is 0 Å². The van der Waals surface area contributed by atoms with Gasteiger partial charge in [-0.05, 0) is 42.9 Å². The van der Waals surface area contributed by atoms with E-state index >= 15 is 0 Å². The number of allylic oxidation sites excluding steroid dienone is 6. The minimum absolute atomic E-state index is 0.729. The third kappa shape index (κ3) is 1.27. The van der Waals surface area contributed by atoms with Crippen molar-refractivity contribution in [3.63, 3.8) is 0 Å². The zero-order chi connectivity index (χ0) is 8.39. The van der Waals surface area contributed by atoms with Crippen LogP contribution in [0.25, 0.3) is 0 Å². The molecule has 0 aromatic heterocycles. The zero-order valence-electron chi connectivity index (χ0n) is 7.14. The van der Waals surface area contributed by atoms with Gasteiger partial charge < -0.3 is 5.41 Å². The van der Waals surface area contributed by atoms with Crippen LogP contribution in [-0.4, -0.2) is 5.71 Å². The molecule has 0 amide bonds. The second-order valence-electron chi connectivity index (χ2n) is 3.30. The topological polar surface area (TPSA) is 23.9 Å². The molecule has 1 nitrogen and oxygen atoms in total. The van der Waals surface area contributed by atoms with Crippen molar-refractivity contribution < 1.29 is 0 Å². The van der Waals surface area contributed by atoms with Gasteiger partial charge in [-0.2, -0.15) is 0 Å². The van der Waals surface area contributed by atoms with Crippen LogP contribution in [0.5, 0.6) is 0 Å². The second kappa shape index (κ2) is 3.10. The molecule has 62 valence electrons. The summed E-state index contributed by atoms with van der Waals surface area (Å²) in [7, 11) is 0. The van der Waals surface area contributed by atoms with Crippen LogP contribution in [0.3, 0.4) is 0 Å². The van der Waals surface area contributed by atoms with E-state index in [1.54, 1.807) is 0 Å². The summed E-state index contributed by atoms with van der Waals surface area (Å²) in [5.41, 5.74) is 3.38. The average molecular weight is 159 g/mol. The molecule has 2 rings (SSSR count). The smallest absolute Gasteiger partial charge is 0.0571 e. The van der Waals surface area contributed by atoms with E-state index < -0.39 is 0 Å². The minimum Gasteiger partial charge on any atom is -0.301 e. The molecule has 0 aromatic carbocycles. The highest BCUT2D eigenvalue weighted by atomic mass is 14.4. The molecule has 0 fully saturated rings. The molecular formula is C11H13N. The molecule has 0 spiro atoms. The zero-order valence-corrected chi connectivity index (χ0v) is 7.14. The molecule has 0 radical (unpaired) electrons. The van der Waals surface area contributed by atoms with Crippen LogP contribution in [0, 0.1) is 5.41 Å². The van der Waals surface area contributed by atoms with E-state index in [0.29, 0.717) is 0 Å². The van der Waals surface area contributed by atoms with Gasteiger partial charge in [0.15, 0.2) is 0 Å². The third-order valence-electron chi connectivity index (χ3n) is 2.46. The van der Waals surface area contributed by atoms with E-state index in [1.807, 2.05) is 6.08 Å². The first-order valence-corrected chi connectivity index (χ1v) is 4.52. The molecule has 2 aliphatic carbocycles. The molecule has 0 bridgehead atoms. The van der Waals surface area contributed by atoms with Crippen molar-refractivity contribution in [1.29, 1.82) is 5.41 Å². The summed E-state index contributed by atoms with van der Waals surface area (Å²) in [5, 5.41) is 7.77. The summed E-state index contributed by atoms with van der Waals surface area (Å²) in [4.78, 5) is 0. The Labute approximate surface area is 73.0 Å². The predicted molar refractivity (Wildman–Crippen MR) is 51.5 cm³/mol. The Hall–Kier alpha value is -1.11. The summed E-state index contributed by atoms with van der Waals surface area (Å²) in [5.74, 6) is 0. The van der Waals surface area contributed by atoms with E-state index in [2.05, 4.69) is 18.2 Å². The van der Waals surface area contributed by atoms with Crippen molar-refractivity contribution in [3.8, 4) is 0 Å². The van der Waals surface area contributed by atoms with Crippen molar-refractivity contribution in [2.45, 2.75) is 25.7 Å². The lowest BCUT2D eigenvalue weighted by molar-refractivity contribution is 0.926. The lowest BCUT2D eigenvalue weighted by Gasteiger charge is -2.12. The maximum atomic E-state index is 7.77. The summed E-state index contributed by atoms with van der Waals surface area (Å²) in [6.07, 6.45) is 12.8. The SMILES string of the molecule is N=C1C=CCCC2=C1CCC=C2. The van der Waals surface area contributed by atoms with Crippen LogP contribution in [0.1, 0.15) is 25.7 Å². The molecule has 1 N–H and O–H groups in total. The molecule has 1 heteroatoms. The highest BCUT2D eigenvalue weighted by molar-refractivity contribution is 6.07. The van der Waals surface area contributed by atoms with Gasteiger partial charge in [0.25, 0.3) is 0 Å². The van der Waals surface area contributed by atoms with Gasteiger partial charge >= 0.3 is 0 Å². The number of hydrogen-bond acceptors (Lipinski definition) is 1. The number of nitrogens with one attached hydrogen (secondary N) is 1. The Morgan fingerprint density at radius 3 is 2.67 bits per heavy atom. The van der Waals surface area contributed by atoms with E-state index in [1.165, 1.54) is 11.1 Å². The lowest BCUT2D eigenvalue weighted by Crippen LogP contribution is -2.02. The van der Waals surface area contributed by atoms with E-state index in [9.17, 15) is 0 Å². The fraction of sp³-hybridized carbons (Fsp3) is 0.364. The van der Waals surface area contributed by atoms with Gasteiger partial charge in [0, 0.05) is 0 Å². The molecule has 0 saturated heterocycles. The van der Waals surface area contributed by atoms with Gasteiger partial charge in [0.2, 0.25) is 0 Å². The molecule has 0 heterocycles. The first kappa shape index (κ1) is 7.53. The normalized spacial score (nSPS) is 22.5. The quantitative estimate of drug-likeness (QED) is 0.562. The van der Waals surface area contributed by atoms with Crippen LogP contribution in [-0.2, 0) is 0 Å². The summed E-state index contributed by atoms with van der Waals surface area (Å²) in [6.45, 7) is 0. The van der Waals surface area contributed by atoms with Gasteiger partial charge in [0.05, 0.1) is 5.71 Å². The Balaban J connectivity index is 2.38. The maximum absolute atomic E-state index is 7.77. The van der Waals surface area contributed by atoms with Crippen molar-refractivity contribution in [2.75, 3.05) is 0 Å². The Morgan fingerprint density at radius 1 is 1.00 bits per heavy atom. The molecule has 2 aliphatic rings.